The number of fused-ring (bicyclic) bond motifs is 1. The second-order valence-electron chi connectivity index (χ2n) is 10.6. The minimum Gasteiger partial charge on any atom is -0.505 e. The number of carbonyl (C=O) groups excluding carboxylic acids is 2. The molecule has 3 aromatic heterocycles. The second kappa shape index (κ2) is 12.8. The van der Waals surface area contributed by atoms with E-state index >= 15 is 0 Å². The number of aliphatic hydroxyl groups is 1. The maximum atomic E-state index is 13.8. The number of rotatable bonds is 10. The normalized spacial score (nSPS) is 16.2. The van der Waals surface area contributed by atoms with Crippen molar-refractivity contribution in [2.45, 2.75) is 49.7 Å². The van der Waals surface area contributed by atoms with Gasteiger partial charge in [0, 0.05) is 11.9 Å². The highest BCUT2D eigenvalue weighted by Gasteiger charge is 2.49. The van der Waals surface area contributed by atoms with E-state index in [1.54, 1.807) is 37.3 Å². The van der Waals surface area contributed by atoms with Gasteiger partial charge < -0.3 is 14.2 Å². The van der Waals surface area contributed by atoms with E-state index in [9.17, 15) is 19.1 Å². The Bertz CT molecular complexity index is 1940. The van der Waals surface area contributed by atoms with Crippen LogP contribution in [0.2, 0.25) is 0 Å². The van der Waals surface area contributed by atoms with Crippen LogP contribution < -0.4 is 9.64 Å². The number of halogens is 1. The van der Waals surface area contributed by atoms with Gasteiger partial charge in [-0.2, -0.15) is 0 Å². The van der Waals surface area contributed by atoms with Crippen molar-refractivity contribution >= 4 is 51.3 Å². The van der Waals surface area contributed by atoms with Crippen molar-refractivity contribution in [3.63, 3.8) is 0 Å². The average Bonchev–Trinajstić information content (AvgIpc) is 3.72. The van der Waals surface area contributed by atoms with E-state index in [1.165, 1.54) is 28.8 Å². The van der Waals surface area contributed by atoms with Crippen molar-refractivity contribution < 1.29 is 23.8 Å². The van der Waals surface area contributed by atoms with Gasteiger partial charge in [-0.25, -0.2) is 9.37 Å². The minimum absolute atomic E-state index is 0.0921. The molecular weight excluding hydrogens is 614 g/mol. The van der Waals surface area contributed by atoms with Crippen LogP contribution in [-0.2, 0) is 15.3 Å². The summed E-state index contributed by atoms with van der Waals surface area (Å²) in [4.78, 5) is 33.5. The zero-order valence-electron chi connectivity index (χ0n) is 24.9. The number of pyridine rings is 1. The topological polar surface area (TPSA) is 110 Å². The number of aryl methyl sites for hydroxylation is 2. The molecule has 1 aliphatic rings. The number of nitrogens with zero attached hydrogens (tertiary/aromatic N) is 5. The van der Waals surface area contributed by atoms with Crippen LogP contribution in [0.25, 0.3) is 11.4 Å². The molecule has 1 N–H and O–H groups in total. The minimum atomic E-state index is -1.01. The van der Waals surface area contributed by atoms with Gasteiger partial charge in [0.1, 0.15) is 22.9 Å². The van der Waals surface area contributed by atoms with Crippen LogP contribution in [-0.4, -0.2) is 43.0 Å². The number of hydrogen-bond donors (Lipinski definition) is 1. The number of aromatic nitrogens is 4. The molecule has 0 spiro atoms. The van der Waals surface area contributed by atoms with E-state index in [-0.39, 0.29) is 28.0 Å². The Kier molecular flexibility index (Phi) is 8.68. The summed E-state index contributed by atoms with van der Waals surface area (Å²) >= 11 is 2.55. The molecule has 45 heavy (non-hydrogen) atoms. The third kappa shape index (κ3) is 5.95. The Morgan fingerprint density at radius 1 is 1.09 bits per heavy atom. The number of ether oxygens (including phenoxy) is 1. The van der Waals surface area contributed by atoms with Crippen LogP contribution in [0.4, 0.5) is 9.52 Å². The molecule has 0 bridgehead atoms. The number of unbranched alkanes of at least 4 members (excludes halogenated alkanes) is 1. The third-order valence-corrected chi connectivity index (χ3v) is 9.70. The van der Waals surface area contributed by atoms with Crippen molar-refractivity contribution in [2.75, 3.05) is 11.5 Å². The molecule has 1 saturated heterocycles. The van der Waals surface area contributed by atoms with Gasteiger partial charge in [-0.15, -0.1) is 10.2 Å². The first-order valence-corrected chi connectivity index (χ1v) is 16.3. The van der Waals surface area contributed by atoms with Crippen molar-refractivity contribution in [1.29, 1.82) is 0 Å². The third-order valence-electron chi connectivity index (χ3n) is 7.57. The number of ketones is 1. The van der Waals surface area contributed by atoms with Gasteiger partial charge in [0.05, 0.1) is 23.9 Å². The van der Waals surface area contributed by atoms with E-state index < -0.39 is 17.7 Å². The van der Waals surface area contributed by atoms with E-state index in [4.69, 9.17) is 4.74 Å². The molecule has 1 amide bonds. The van der Waals surface area contributed by atoms with Crippen LogP contribution in [0.5, 0.6) is 5.75 Å². The molecule has 1 fully saturated rings. The standard InChI is InChI=1S/C33H30FN5O4S2/c1-4-5-16-43-24-10-6-9-22(17-24)27-25(28(40)26-20(3)38-15-7-8-19(2)30(38)35-26)29(41)31(42)39(27)32-36-37-33(45-32)44-18-21-11-13-23(34)14-12-21/h6-15,17,27,40H,4-5,16,18H2,1-3H3/b28-25+. The Balaban J connectivity index is 1.43. The average molecular weight is 644 g/mol. The van der Waals surface area contributed by atoms with E-state index in [1.807, 2.05) is 35.7 Å². The fourth-order valence-corrected chi connectivity index (χ4v) is 7.04. The Morgan fingerprint density at radius 2 is 1.89 bits per heavy atom. The number of imidazole rings is 1. The number of aliphatic hydroxyl groups excluding tert-OH is 1. The number of anilines is 1. The summed E-state index contributed by atoms with van der Waals surface area (Å²) in [6.07, 6.45) is 3.68. The quantitative estimate of drug-likeness (QED) is 0.0431. The molecule has 6 rings (SSSR count). The van der Waals surface area contributed by atoms with Gasteiger partial charge >= 0.3 is 5.91 Å². The highest BCUT2D eigenvalue weighted by molar-refractivity contribution is 8.00. The lowest BCUT2D eigenvalue weighted by Gasteiger charge is -2.23. The molecule has 230 valence electrons. The van der Waals surface area contributed by atoms with Crippen molar-refractivity contribution in [3.8, 4) is 5.75 Å². The summed E-state index contributed by atoms with van der Waals surface area (Å²) in [5, 5.41) is 20.5. The van der Waals surface area contributed by atoms with Gasteiger partial charge in [-0.3, -0.25) is 14.5 Å². The second-order valence-corrected chi connectivity index (χ2v) is 12.8. The van der Waals surface area contributed by atoms with Crippen molar-refractivity contribution in [2.24, 2.45) is 0 Å². The summed E-state index contributed by atoms with van der Waals surface area (Å²) in [6.45, 7) is 6.31. The van der Waals surface area contributed by atoms with Crippen LogP contribution in [0.3, 0.4) is 0 Å². The largest absolute Gasteiger partial charge is 0.505 e. The summed E-state index contributed by atoms with van der Waals surface area (Å²) in [5.74, 6) is -1.26. The van der Waals surface area contributed by atoms with Gasteiger partial charge in [-0.1, -0.05) is 66.8 Å². The van der Waals surface area contributed by atoms with Gasteiger partial charge in [0.25, 0.3) is 5.78 Å². The zero-order chi connectivity index (χ0) is 31.7. The van der Waals surface area contributed by atoms with Crippen LogP contribution in [0.1, 0.15) is 53.9 Å². The molecule has 1 aliphatic heterocycles. The number of hydrogen-bond acceptors (Lipinski definition) is 9. The lowest BCUT2D eigenvalue weighted by molar-refractivity contribution is -0.132. The highest BCUT2D eigenvalue weighted by Crippen LogP contribution is 2.45. The molecule has 12 heteroatoms. The SMILES string of the molecule is CCCCOc1cccc(C2/C(=C(\O)c3nc4c(C)cccn4c3C)C(=O)C(=O)N2c2nnc(SCc3ccc(F)cc3)s2)c1. The number of Topliss-reactive ketones (excluding diaryl/α,β-unsaturated/α-hetero) is 1. The van der Waals surface area contributed by atoms with Crippen LogP contribution >= 0.6 is 23.1 Å². The summed E-state index contributed by atoms with van der Waals surface area (Å²) < 4.78 is 21.7. The van der Waals surface area contributed by atoms with Crippen LogP contribution in [0, 0.1) is 19.7 Å². The zero-order valence-corrected chi connectivity index (χ0v) is 26.5. The van der Waals surface area contributed by atoms with Crippen molar-refractivity contribution in [1.82, 2.24) is 19.6 Å². The number of amides is 1. The lowest BCUT2D eigenvalue weighted by atomic mass is 9.96. The number of carbonyl (C=O) groups is 2. The molecule has 5 aromatic rings. The number of benzene rings is 2. The van der Waals surface area contributed by atoms with Gasteiger partial charge in [0.2, 0.25) is 5.13 Å². The predicted molar refractivity (Wildman–Crippen MR) is 172 cm³/mol. The Labute approximate surface area is 267 Å². The monoisotopic (exact) mass is 643 g/mol. The lowest BCUT2D eigenvalue weighted by Crippen LogP contribution is -2.29. The first-order chi connectivity index (χ1) is 21.8. The van der Waals surface area contributed by atoms with Gasteiger partial charge in [-0.05, 0) is 67.3 Å². The first kappa shape index (κ1) is 30.5. The van der Waals surface area contributed by atoms with E-state index in [2.05, 4.69) is 22.1 Å². The smallest absolute Gasteiger partial charge is 0.301 e. The molecule has 0 aliphatic carbocycles. The van der Waals surface area contributed by atoms with Crippen molar-refractivity contribution in [3.05, 3.63) is 106 Å². The van der Waals surface area contributed by atoms with Gasteiger partial charge in [0.15, 0.2) is 10.1 Å². The molecule has 4 heterocycles. The molecule has 0 saturated carbocycles. The summed E-state index contributed by atoms with van der Waals surface area (Å²) in [5.41, 5.74) is 3.76. The molecular formula is C33H30FN5O4S2. The summed E-state index contributed by atoms with van der Waals surface area (Å²) in [6, 6.07) is 16.1. The van der Waals surface area contributed by atoms with Crippen LogP contribution in [0.15, 0.2) is 76.8 Å². The summed E-state index contributed by atoms with van der Waals surface area (Å²) in [7, 11) is 0. The molecule has 2 aromatic carbocycles. The van der Waals surface area contributed by atoms with E-state index in [0.29, 0.717) is 39.4 Å². The molecule has 1 atom stereocenters. The molecule has 1 unspecified atom stereocenters. The van der Waals surface area contributed by atoms with E-state index in [0.717, 1.165) is 35.3 Å². The fourth-order valence-electron chi connectivity index (χ4n) is 5.21. The fraction of sp³-hybridized carbons (Fsp3) is 0.242. The predicted octanol–water partition coefficient (Wildman–Crippen LogP) is 7.04. The molecule has 0 radical (unpaired) electrons. The maximum absolute atomic E-state index is 13.8. The molecule has 9 nitrogen and oxygen atoms in total. The number of thioether (sulfide) groups is 1. The highest BCUT2D eigenvalue weighted by atomic mass is 32.2. The Hall–Kier alpha value is -4.55. The maximum Gasteiger partial charge on any atom is 0.301 e. The Morgan fingerprint density at radius 3 is 2.64 bits per heavy atom. The first-order valence-electron chi connectivity index (χ1n) is 14.5.